The van der Waals surface area contributed by atoms with Gasteiger partial charge in [0.25, 0.3) is 0 Å². The van der Waals surface area contributed by atoms with Crippen LogP contribution >= 0.6 is 12.4 Å². The highest BCUT2D eigenvalue weighted by Crippen LogP contribution is 2.21. The van der Waals surface area contributed by atoms with Crippen molar-refractivity contribution >= 4 is 18.3 Å². The van der Waals surface area contributed by atoms with Gasteiger partial charge in [-0.15, -0.1) is 12.4 Å². The number of rotatable bonds is 3. The molecular weight excluding hydrogens is 274 g/mol. The summed E-state index contributed by atoms with van der Waals surface area (Å²) in [5, 5.41) is 0. The summed E-state index contributed by atoms with van der Waals surface area (Å²) in [5.41, 5.74) is 7.24. The Labute approximate surface area is 127 Å². The molecule has 4 nitrogen and oxygen atoms in total. The number of hydrogen-bond donors (Lipinski definition) is 1. The second-order valence-electron chi connectivity index (χ2n) is 5.35. The number of carbonyl (C=O) groups is 1. The number of carbonyl (C=O) groups excluding carboxylic acids is 1. The Bertz CT molecular complexity index is 418. The summed E-state index contributed by atoms with van der Waals surface area (Å²) in [6.07, 6.45) is 0. The van der Waals surface area contributed by atoms with E-state index in [2.05, 4.69) is 11.9 Å². The topological polar surface area (TPSA) is 49.6 Å². The van der Waals surface area contributed by atoms with E-state index in [4.69, 9.17) is 5.73 Å². The van der Waals surface area contributed by atoms with E-state index in [-0.39, 0.29) is 30.3 Å². The van der Waals surface area contributed by atoms with Gasteiger partial charge in [-0.2, -0.15) is 0 Å². The van der Waals surface area contributed by atoms with E-state index in [1.54, 1.807) is 0 Å². The molecule has 2 atom stereocenters. The first kappa shape index (κ1) is 17.0. The lowest BCUT2D eigenvalue weighted by molar-refractivity contribution is -0.137. The van der Waals surface area contributed by atoms with Gasteiger partial charge in [-0.05, 0) is 12.6 Å². The highest BCUT2D eigenvalue weighted by atomic mass is 35.5. The van der Waals surface area contributed by atoms with Crippen molar-refractivity contribution in [2.75, 3.05) is 33.2 Å². The second-order valence-corrected chi connectivity index (χ2v) is 5.35. The SMILES string of the molecule is CC(C(=O)N1CCN(C)CC1)C(N)c1ccccc1.Cl. The second kappa shape index (κ2) is 7.62. The van der Waals surface area contributed by atoms with Crippen LogP contribution in [0.5, 0.6) is 0 Å². The van der Waals surface area contributed by atoms with Crippen LogP contribution in [-0.2, 0) is 4.79 Å². The molecule has 2 unspecified atom stereocenters. The van der Waals surface area contributed by atoms with Crippen LogP contribution in [0.3, 0.4) is 0 Å². The molecule has 112 valence electrons. The predicted octanol–water partition coefficient (Wildman–Crippen LogP) is 1.52. The van der Waals surface area contributed by atoms with E-state index < -0.39 is 0 Å². The molecule has 1 aromatic carbocycles. The maximum Gasteiger partial charge on any atom is 0.227 e. The number of halogens is 1. The van der Waals surface area contributed by atoms with Gasteiger partial charge < -0.3 is 15.5 Å². The molecule has 0 aliphatic carbocycles. The number of amides is 1. The van der Waals surface area contributed by atoms with Crippen molar-refractivity contribution in [2.45, 2.75) is 13.0 Å². The number of benzene rings is 1. The maximum atomic E-state index is 12.4. The molecule has 0 saturated carbocycles. The van der Waals surface area contributed by atoms with Crippen molar-refractivity contribution in [2.24, 2.45) is 11.7 Å². The van der Waals surface area contributed by atoms with Crippen LogP contribution in [-0.4, -0.2) is 48.9 Å². The highest BCUT2D eigenvalue weighted by molar-refractivity contribution is 5.85. The van der Waals surface area contributed by atoms with Crippen LogP contribution in [0, 0.1) is 5.92 Å². The summed E-state index contributed by atoms with van der Waals surface area (Å²) in [5.74, 6) is -0.00439. The summed E-state index contributed by atoms with van der Waals surface area (Å²) in [6.45, 7) is 5.43. The molecule has 5 heteroatoms. The van der Waals surface area contributed by atoms with Crippen molar-refractivity contribution in [3.8, 4) is 0 Å². The van der Waals surface area contributed by atoms with Gasteiger partial charge in [0.15, 0.2) is 0 Å². The highest BCUT2D eigenvalue weighted by Gasteiger charge is 2.28. The van der Waals surface area contributed by atoms with Gasteiger partial charge >= 0.3 is 0 Å². The van der Waals surface area contributed by atoms with Gasteiger partial charge in [0.2, 0.25) is 5.91 Å². The van der Waals surface area contributed by atoms with E-state index in [0.717, 1.165) is 31.7 Å². The smallest absolute Gasteiger partial charge is 0.227 e. The standard InChI is InChI=1S/C15H23N3O.ClH/c1-12(14(16)13-6-4-3-5-7-13)15(19)18-10-8-17(2)9-11-18;/h3-7,12,14H,8-11,16H2,1-2H3;1H. The zero-order valence-electron chi connectivity index (χ0n) is 12.2. The molecule has 1 amide bonds. The zero-order chi connectivity index (χ0) is 13.8. The fourth-order valence-corrected chi connectivity index (χ4v) is 2.43. The van der Waals surface area contributed by atoms with E-state index in [1.807, 2.05) is 42.2 Å². The largest absolute Gasteiger partial charge is 0.340 e. The number of hydrogen-bond acceptors (Lipinski definition) is 3. The Kier molecular flexibility index (Phi) is 6.46. The van der Waals surface area contributed by atoms with Crippen LogP contribution < -0.4 is 5.73 Å². The molecule has 2 N–H and O–H groups in total. The first-order valence-electron chi connectivity index (χ1n) is 6.87. The quantitative estimate of drug-likeness (QED) is 0.920. The molecule has 1 fully saturated rings. The Morgan fingerprint density at radius 3 is 2.25 bits per heavy atom. The molecule has 20 heavy (non-hydrogen) atoms. The van der Waals surface area contributed by atoms with Crippen molar-refractivity contribution in [1.29, 1.82) is 0 Å². The first-order valence-corrected chi connectivity index (χ1v) is 6.87. The Balaban J connectivity index is 0.00000200. The Morgan fingerprint density at radius 2 is 1.70 bits per heavy atom. The normalized spacial score (nSPS) is 19.1. The van der Waals surface area contributed by atoms with Crippen molar-refractivity contribution in [1.82, 2.24) is 9.80 Å². The van der Waals surface area contributed by atoms with Gasteiger partial charge in [0, 0.05) is 32.2 Å². The fourth-order valence-electron chi connectivity index (χ4n) is 2.43. The molecule has 1 aliphatic heterocycles. The molecule has 1 aliphatic rings. The molecule has 1 saturated heterocycles. The summed E-state index contributed by atoms with van der Waals surface area (Å²) in [6, 6.07) is 9.62. The fraction of sp³-hybridized carbons (Fsp3) is 0.533. The predicted molar refractivity (Wildman–Crippen MR) is 83.9 cm³/mol. The Morgan fingerprint density at radius 1 is 1.15 bits per heavy atom. The summed E-state index contributed by atoms with van der Waals surface area (Å²) in [7, 11) is 2.08. The minimum Gasteiger partial charge on any atom is -0.340 e. The van der Waals surface area contributed by atoms with E-state index in [9.17, 15) is 4.79 Å². The minimum absolute atomic E-state index is 0. The van der Waals surface area contributed by atoms with Gasteiger partial charge in [0.05, 0.1) is 5.92 Å². The summed E-state index contributed by atoms with van der Waals surface area (Å²) >= 11 is 0. The maximum absolute atomic E-state index is 12.4. The van der Waals surface area contributed by atoms with Crippen LogP contribution in [0.15, 0.2) is 30.3 Å². The molecule has 0 bridgehead atoms. The van der Waals surface area contributed by atoms with E-state index in [0.29, 0.717) is 0 Å². The lowest BCUT2D eigenvalue weighted by atomic mass is 9.94. The average Bonchev–Trinajstić information content (AvgIpc) is 2.46. The monoisotopic (exact) mass is 297 g/mol. The van der Waals surface area contributed by atoms with Gasteiger partial charge in [-0.25, -0.2) is 0 Å². The molecule has 1 aromatic rings. The van der Waals surface area contributed by atoms with Gasteiger partial charge in [-0.1, -0.05) is 37.3 Å². The summed E-state index contributed by atoms with van der Waals surface area (Å²) < 4.78 is 0. The molecule has 1 heterocycles. The molecule has 2 rings (SSSR count). The van der Waals surface area contributed by atoms with Crippen LogP contribution in [0.1, 0.15) is 18.5 Å². The average molecular weight is 298 g/mol. The third kappa shape index (κ3) is 3.95. The number of likely N-dealkylation sites (N-methyl/N-ethyl adjacent to an activating group) is 1. The minimum atomic E-state index is -0.228. The van der Waals surface area contributed by atoms with Crippen molar-refractivity contribution < 1.29 is 4.79 Å². The van der Waals surface area contributed by atoms with Crippen molar-refractivity contribution in [3.05, 3.63) is 35.9 Å². The van der Waals surface area contributed by atoms with Gasteiger partial charge in [-0.3, -0.25) is 4.79 Å². The van der Waals surface area contributed by atoms with E-state index in [1.165, 1.54) is 0 Å². The first-order chi connectivity index (χ1) is 9.09. The van der Waals surface area contributed by atoms with E-state index >= 15 is 0 Å². The van der Waals surface area contributed by atoms with Crippen LogP contribution in [0.2, 0.25) is 0 Å². The van der Waals surface area contributed by atoms with Crippen LogP contribution in [0.4, 0.5) is 0 Å². The Hall–Kier alpha value is -1.10. The number of nitrogens with two attached hydrogens (primary N) is 1. The molecule has 0 spiro atoms. The third-order valence-corrected chi connectivity index (χ3v) is 3.93. The molecule has 0 radical (unpaired) electrons. The van der Waals surface area contributed by atoms with Crippen molar-refractivity contribution in [3.63, 3.8) is 0 Å². The molecular formula is C15H24ClN3O. The summed E-state index contributed by atoms with van der Waals surface area (Å²) in [4.78, 5) is 16.6. The number of nitrogens with zero attached hydrogens (tertiary/aromatic N) is 2. The third-order valence-electron chi connectivity index (χ3n) is 3.93. The lowest BCUT2D eigenvalue weighted by Crippen LogP contribution is -2.49. The van der Waals surface area contributed by atoms with Crippen LogP contribution in [0.25, 0.3) is 0 Å². The lowest BCUT2D eigenvalue weighted by Gasteiger charge is -2.35. The van der Waals surface area contributed by atoms with Gasteiger partial charge in [0.1, 0.15) is 0 Å². The molecule has 0 aromatic heterocycles. The number of piperazine rings is 1. The zero-order valence-corrected chi connectivity index (χ0v) is 13.0.